The molecular weight excluding hydrogens is 369 g/mol. The Hall–Kier alpha value is -1.30. The molecule has 2 aromatic carbocycles. The van der Waals surface area contributed by atoms with Crippen molar-refractivity contribution >= 4 is 44.8 Å². The summed E-state index contributed by atoms with van der Waals surface area (Å²) >= 11 is 15.0. The van der Waals surface area contributed by atoms with E-state index < -0.39 is 4.92 Å². The van der Waals surface area contributed by atoms with Gasteiger partial charge in [0.25, 0.3) is 0 Å². The van der Waals surface area contributed by atoms with Crippen molar-refractivity contribution in [2.24, 2.45) is 0 Å². The molecule has 0 aliphatic rings. The molecule has 4 nitrogen and oxygen atoms in total. The predicted molar refractivity (Wildman–Crippen MR) is 82.1 cm³/mol. The van der Waals surface area contributed by atoms with Gasteiger partial charge in [-0.05, 0) is 30.7 Å². The van der Waals surface area contributed by atoms with E-state index >= 15 is 0 Å². The molecule has 0 radical (unpaired) electrons. The number of nitro groups is 1. The summed E-state index contributed by atoms with van der Waals surface area (Å²) in [5.41, 5.74) is 0.599. The van der Waals surface area contributed by atoms with Crippen LogP contribution in [0.1, 0.15) is 5.56 Å². The van der Waals surface area contributed by atoms with Crippen LogP contribution < -0.4 is 4.74 Å². The van der Waals surface area contributed by atoms with Crippen LogP contribution in [-0.2, 0) is 0 Å². The van der Waals surface area contributed by atoms with Crippen LogP contribution in [0, 0.1) is 17.0 Å². The minimum Gasteiger partial charge on any atom is -0.450 e. The normalized spacial score (nSPS) is 10.4. The Kier molecular flexibility index (Phi) is 4.52. The number of nitro benzene ring substituents is 1. The molecule has 0 unspecified atom stereocenters. The molecule has 0 spiro atoms. The monoisotopic (exact) mass is 375 g/mol. The van der Waals surface area contributed by atoms with E-state index in [-0.39, 0.29) is 21.5 Å². The Bertz CT molecular complexity index is 692. The minimum absolute atomic E-state index is 0.0508. The van der Waals surface area contributed by atoms with Crippen LogP contribution in [-0.4, -0.2) is 4.92 Å². The Labute approximate surface area is 133 Å². The molecule has 0 saturated heterocycles. The van der Waals surface area contributed by atoms with E-state index in [1.54, 1.807) is 12.1 Å². The van der Waals surface area contributed by atoms with Crippen LogP contribution in [0.15, 0.2) is 34.8 Å². The van der Waals surface area contributed by atoms with E-state index in [1.165, 1.54) is 12.1 Å². The third kappa shape index (κ3) is 3.23. The third-order valence-electron chi connectivity index (χ3n) is 2.56. The van der Waals surface area contributed by atoms with Gasteiger partial charge in [0.2, 0.25) is 5.75 Å². The van der Waals surface area contributed by atoms with Gasteiger partial charge in [-0.25, -0.2) is 0 Å². The molecule has 20 heavy (non-hydrogen) atoms. The van der Waals surface area contributed by atoms with Gasteiger partial charge < -0.3 is 4.74 Å². The van der Waals surface area contributed by atoms with Crippen molar-refractivity contribution in [3.05, 3.63) is 60.5 Å². The molecule has 2 aromatic rings. The smallest absolute Gasteiger partial charge is 0.313 e. The lowest BCUT2D eigenvalue weighted by Crippen LogP contribution is -1.95. The maximum absolute atomic E-state index is 11.0. The number of rotatable bonds is 3. The zero-order valence-corrected chi connectivity index (χ0v) is 13.3. The average Bonchev–Trinajstić information content (AvgIpc) is 2.36. The first-order valence-electron chi connectivity index (χ1n) is 5.46. The largest absolute Gasteiger partial charge is 0.450 e. The standard InChI is InChI=1S/C13H8BrCl2NO3/c1-7-4-8(14)2-3-12(7)20-13-6-10(16)9(15)5-11(13)17(18)19/h2-6H,1H3. The van der Waals surface area contributed by atoms with E-state index in [9.17, 15) is 10.1 Å². The molecule has 0 fully saturated rings. The topological polar surface area (TPSA) is 52.4 Å². The highest BCUT2D eigenvalue weighted by Crippen LogP contribution is 2.39. The maximum Gasteiger partial charge on any atom is 0.313 e. The quantitative estimate of drug-likeness (QED) is 0.505. The maximum atomic E-state index is 11.0. The molecule has 0 atom stereocenters. The molecule has 0 heterocycles. The van der Waals surface area contributed by atoms with Gasteiger partial charge in [0.15, 0.2) is 0 Å². The molecule has 2 rings (SSSR count). The van der Waals surface area contributed by atoms with E-state index in [0.717, 1.165) is 10.0 Å². The summed E-state index contributed by atoms with van der Waals surface area (Å²) in [6, 6.07) is 7.85. The Morgan fingerprint density at radius 2 is 1.80 bits per heavy atom. The second-order valence-electron chi connectivity index (χ2n) is 4.00. The highest BCUT2D eigenvalue weighted by Gasteiger charge is 2.19. The fraction of sp³-hybridized carbons (Fsp3) is 0.0769. The van der Waals surface area contributed by atoms with Gasteiger partial charge >= 0.3 is 5.69 Å². The minimum atomic E-state index is -0.564. The molecule has 0 bridgehead atoms. The zero-order chi connectivity index (χ0) is 14.9. The van der Waals surface area contributed by atoms with Crippen molar-refractivity contribution in [1.29, 1.82) is 0 Å². The summed E-state index contributed by atoms with van der Waals surface area (Å²) in [5, 5.41) is 11.3. The van der Waals surface area contributed by atoms with E-state index in [0.29, 0.717) is 5.75 Å². The average molecular weight is 377 g/mol. The lowest BCUT2D eigenvalue weighted by Gasteiger charge is -2.10. The van der Waals surface area contributed by atoms with E-state index in [2.05, 4.69) is 15.9 Å². The van der Waals surface area contributed by atoms with Crippen LogP contribution >= 0.6 is 39.1 Å². The fourth-order valence-corrected chi connectivity index (χ4v) is 2.38. The van der Waals surface area contributed by atoms with Crippen LogP contribution in [0.4, 0.5) is 5.69 Å². The molecule has 7 heteroatoms. The van der Waals surface area contributed by atoms with Crippen molar-refractivity contribution < 1.29 is 9.66 Å². The third-order valence-corrected chi connectivity index (χ3v) is 3.77. The first-order chi connectivity index (χ1) is 9.38. The summed E-state index contributed by atoms with van der Waals surface area (Å²) in [6.07, 6.45) is 0. The SMILES string of the molecule is Cc1cc(Br)ccc1Oc1cc(Cl)c(Cl)cc1[N+](=O)[O-]. The van der Waals surface area contributed by atoms with E-state index in [1.807, 2.05) is 13.0 Å². The Morgan fingerprint density at radius 3 is 2.40 bits per heavy atom. The molecule has 104 valence electrons. The number of aryl methyl sites for hydroxylation is 1. The summed E-state index contributed by atoms with van der Waals surface area (Å²) in [7, 11) is 0. The molecule has 0 amide bonds. The molecule has 0 N–H and O–H groups in total. The highest BCUT2D eigenvalue weighted by atomic mass is 79.9. The van der Waals surface area contributed by atoms with Crippen molar-refractivity contribution in [3.63, 3.8) is 0 Å². The Balaban J connectivity index is 2.47. The first kappa shape index (κ1) is 15.1. The van der Waals surface area contributed by atoms with Gasteiger partial charge in [-0.1, -0.05) is 39.1 Å². The number of benzene rings is 2. The molecule has 0 aliphatic carbocycles. The van der Waals surface area contributed by atoms with Gasteiger partial charge in [-0.15, -0.1) is 0 Å². The number of nitrogens with zero attached hydrogens (tertiary/aromatic N) is 1. The number of halogens is 3. The van der Waals surface area contributed by atoms with Crippen LogP contribution in [0.3, 0.4) is 0 Å². The van der Waals surface area contributed by atoms with Gasteiger partial charge in [0.1, 0.15) is 5.75 Å². The summed E-state index contributed by atoms with van der Waals surface area (Å²) in [4.78, 5) is 10.5. The zero-order valence-electron chi connectivity index (χ0n) is 10.2. The predicted octanol–water partition coefficient (Wildman–Crippen LogP) is 5.76. The van der Waals surface area contributed by atoms with Crippen molar-refractivity contribution in [3.8, 4) is 11.5 Å². The highest BCUT2D eigenvalue weighted by molar-refractivity contribution is 9.10. The van der Waals surface area contributed by atoms with Gasteiger partial charge in [0, 0.05) is 16.6 Å². The number of ether oxygens (including phenoxy) is 1. The lowest BCUT2D eigenvalue weighted by atomic mass is 10.2. The second-order valence-corrected chi connectivity index (χ2v) is 5.73. The van der Waals surface area contributed by atoms with Crippen LogP contribution in [0.2, 0.25) is 10.0 Å². The fourth-order valence-electron chi connectivity index (χ4n) is 1.59. The molecular formula is C13H8BrCl2NO3. The number of hydrogen-bond acceptors (Lipinski definition) is 3. The summed E-state index contributed by atoms with van der Waals surface area (Å²) < 4.78 is 6.48. The Morgan fingerprint density at radius 1 is 1.15 bits per heavy atom. The van der Waals surface area contributed by atoms with Crippen LogP contribution in [0.25, 0.3) is 0 Å². The van der Waals surface area contributed by atoms with Crippen LogP contribution in [0.5, 0.6) is 11.5 Å². The summed E-state index contributed by atoms with van der Waals surface area (Å²) in [5.74, 6) is 0.560. The molecule has 0 aliphatic heterocycles. The first-order valence-corrected chi connectivity index (χ1v) is 7.01. The van der Waals surface area contributed by atoms with E-state index in [4.69, 9.17) is 27.9 Å². The lowest BCUT2D eigenvalue weighted by molar-refractivity contribution is -0.385. The molecule has 0 saturated carbocycles. The van der Waals surface area contributed by atoms with Crippen molar-refractivity contribution in [2.45, 2.75) is 6.92 Å². The summed E-state index contributed by atoms with van der Waals surface area (Å²) in [6.45, 7) is 1.84. The van der Waals surface area contributed by atoms with Crippen molar-refractivity contribution in [2.75, 3.05) is 0 Å². The number of hydrogen-bond donors (Lipinski definition) is 0. The second kappa shape index (κ2) is 5.99. The molecule has 0 aromatic heterocycles. The van der Waals surface area contributed by atoms with Gasteiger partial charge in [-0.2, -0.15) is 0 Å². The van der Waals surface area contributed by atoms with Gasteiger partial charge in [0.05, 0.1) is 15.0 Å². The van der Waals surface area contributed by atoms with Gasteiger partial charge in [-0.3, -0.25) is 10.1 Å². The van der Waals surface area contributed by atoms with Crippen molar-refractivity contribution in [1.82, 2.24) is 0 Å².